The smallest absolute Gasteiger partial charge is 0.255 e. The summed E-state index contributed by atoms with van der Waals surface area (Å²) in [6.07, 6.45) is 3.30. The van der Waals surface area contributed by atoms with E-state index in [0.29, 0.717) is 30.0 Å². The highest BCUT2D eigenvalue weighted by Crippen LogP contribution is 2.41. The number of rotatable bonds is 3. The topological polar surface area (TPSA) is 85.0 Å². The van der Waals surface area contributed by atoms with Crippen molar-refractivity contribution >= 4 is 23.4 Å². The van der Waals surface area contributed by atoms with E-state index >= 15 is 0 Å². The largest absolute Gasteiger partial charge is 0.368 e. The fourth-order valence-corrected chi connectivity index (χ4v) is 6.00. The molecule has 5 heterocycles. The van der Waals surface area contributed by atoms with Gasteiger partial charge in [-0.3, -0.25) is 24.6 Å². The van der Waals surface area contributed by atoms with Crippen LogP contribution >= 0.6 is 0 Å². The van der Waals surface area contributed by atoms with Crippen LogP contribution in [-0.2, 0) is 16.1 Å². The van der Waals surface area contributed by atoms with E-state index in [1.54, 1.807) is 4.90 Å². The van der Waals surface area contributed by atoms with Gasteiger partial charge in [-0.1, -0.05) is 0 Å². The Morgan fingerprint density at radius 1 is 1.03 bits per heavy atom. The van der Waals surface area contributed by atoms with Gasteiger partial charge in [0.1, 0.15) is 6.04 Å². The summed E-state index contributed by atoms with van der Waals surface area (Å²) >= 11 is 0. The number of nitrogens with one attached hydrogen (secondary N) is 2. The lowest BCUT2D eigenvalue weighted by molar-refractivity contribution is -0.136. The summed E-state index contributed by atoms with van der Waals surface area (Å²) in [7, 11) is 0. The summed E-state index contributed by atoms with van der Waals surface area (Å²) < 4.78 is 0. The molecule has 0 saturated carbocycles. The molecule has 4 fully saturated rings. The number of hydrogen-bond acceptors (Lipinski definition) is 6. The molecule has 2 N–H and O–H groups in total. The van der Waals surface area contributed by atoms with Crippen LogP contribution in [0, 0.1) is 5.41 Å². The zero-order chi connectivity index (χ0) is 21.2. The first-order chi connectivity index (χ1) is 15.0. The summed E-state index contributed by atoms with van der Waals surface area (Å²) in [6, 6.07) is 6.13. The Labute approximate surface area is 181 Å². The van der Waals surface area contributed by atoms with E-state index in [9.17, 15) is 14.4 Å². The van der Waals surface area contributed by atoms with Gasteiger partial charge < -0.3 is 15.1 Å². The molecule has 1 unspecified atom stereocenters. The zero-order valence-electron chi connectivity index (χ0n) is 17.7. The van der Waals surface area contributed by atoms with Crippen molar-refractivity contribution in [3.8, 4) is 0 Å². The molecular weight excluding hydrogens is 394 g/mol. The molecule has 6 rings (SSSR count). The van der Waals surface area contributed by atoms with Gasteiger partial charge in [-0.15, -0.1) is 0 Å². The summed E-state index contributed by atoms with van der Waals surface area (Å²) in [6.45, 7) is 7.33. The van der Waals surface area contributed by atoms with Crippen molar-refractivity contribution < 1.29 is 14.4 Å². The predicted octanol–water partition coefficient (Wildman–Crippen LogP) is 0.322. The standard InChI is InChI=1S/C23H29N5O3/c29-20-4-3-19(21(30)25-20)28-10-15-9-16(1-2-18(15)22(28)31)26-11-17(12-26)27-13-23(14-27)5-7-24-8-6-23/h1-2,9,17,19,24H,3-8,10-14H2,(H,25,29,30). The molecule has 0 aliphatic carbocycles. The lowest BCUT2D eigenvalue weighted by Crippen LogP contribution is -2.70. The Morgan fingerprint density at radius 3 is 2.55 bits per heavy atom. The third-order valence-corrected chi connectivity index (χ3v) is 7.99. The van der Waals surface area contributed by atoms with Crippen molar-refractivity contribution in [3.63, 3.8) is 0 Å². The third kappa shape index (κ3) is 3.15. The average Bonchev–Trinajstić information content (AvgIpc) is 3.02. The average molecular weight is 424 g/mol. The maximum Gasteiger partial charge on any atom is 0.255 e. The van der Waals surface area contributed by atoms with Crippen LogP contribution in [0.25, 0.3) is 0 Å². The van der Waals surface area contributed by atoms with Gasteiger partial charge in [0.2, 0.25) is 11.8 Å². The van der Waals surface area contributed by atoms with Crippen LogP contribution in [0.3, 0.4) is 0 Å². The fraction of sp³-hybridized carbons (Fsp3) is 0.609. The van der Waals surface area contributed by atoms with E-state index in [1.807, 2.05) is 12.1 Å². The quantitative estimate of drug-likeness (QED) is 0.682. The number of carbonyl (C=O) groups is 3. The monoisotopic (exact) mass is 423 g/mol. The van der Waals surface area contributed by atoms with Crippen LogP contribution in [-0.4, -0.2) is 78.9 Å². The number of likely N-dealkylation sites (tertiary alicyclic amines) is 1. The van der Waals surface area contributed by atoms with E-state index in [2.05, 4.69) is 26.5 Å². The highest BCUT2D eigenvalue weighted by atomic mass is 16.2. The minimum absolute atomic E-state index is 0.106. The molecule has 164 valence electrons. The van der Waals surface area contributed by atoms with Gasteiger partial charge in [-0.25, -0.2) is 0 Å². The van der Waals surface area contributed by atoms with Gasteiger partial charge in [0.15, 0.2) is 0 Å². The first-order valence-corrected chi connectivity index (χ1v) is 11.5. The molecule has 1 spiro atoms. The van der Waals surface area contributed by atoms with E-state index in [1.165, 1.54) is 25.9 Å². The number of hydrogen-bond donors (Lipinski definition) is 2. The SMILES string of the molecule is O=C1CCC(N2Cc3cc(N4CC(N5CC6(CCNCC6)C5)C4)ccc3C2=O)C(=O)N1. The molecule has 1 atom stereocenters. The highest BCUT2D eigenvalue weighted by molar-refractivity contribution is 6.05. The van der Waals surface area contributed by atoms with E-state index in [0.717, 1.165) is 37.4 Å². The second-order valence-electron chi connectivity index (χ2n) is 9.96. The maximum atomic E-state index is 12.9. The van der Waals surface area contributed by atoms with Gasteiger partial charge in [0.05, 0.1) is 0 Å². The van der Waals surface area contributed by atoms with Crippen molar-refractivity contribution in [2.75, 3.05) is 44.2 Å². The number of anilines is 1. The molecular formula is C23H29N5O3. The Balaban J connectivity index is 1.08. The zero-order valence-corrected chi connectivity index (χ0v) is 17.7. The van der Waals surface area contributed by atoms with Gasteiger partial charge in [-0.05, 0) is 61.5 Å². The minimum Gasteiger partial charge on any atom is -0.368 e. The molecule has 1 aromatic carbocycles. The van der Waals surface area contributed by atoms with Crippen LogP contribution in [0.5, 0.6) is 0 Å². The maximum absolute atomic E-state index is 12.9. The first kappa shape index (κ1) is 19.3. The molecule has 5 aliphatic heterocycles. The second kappa shape index (κ2) is 7.03. The lowest BCUT2D eigenvalue weighted by Gasteiger charge is -2.59. The second-order valence-corrected chi connectivity index (χ2v) is 9.96. The molecule has 8 nitrogen and oxygen atoms in total. The van der Waals surface area contributed by atoms with E-state index in [-0.39, 0.29) is 24.1 Å². The van der Waals surface area contributed by atoms with Crippen LogP contribution in [0.1, 0.15) is 41.6 Å². The molecule has 1 aromatic rings. The van der Waals surface area contributed by atoms with E-state index in [4.69, 9.17) is 0 Å². The molecule has 0 radical (unpaired) electrons. The van der Waals surface area contributed by atoms with Crippen LogP contribution < -0.4 is 15.5 Å². The predicted molar refractivity (Wildman–Crippen MR) is 115 cm³/mol. The first-order valence-electron chi connectivity index (χ1n) is 11.5. The molecule has 31 heavy (non-hydrogen) atoms. The number of imide groups is 1. The minimum atomic E-state index is -0.553. The third-order valence-electron chi connectivity index (χ3n) is 7.99. The Morgan fingerprint density at radius 2 is 1.81 bits per heavy atom. The highest BCUT2D eigenvalue weighted by Gasteiger charge is 2.48. The number of nitrogens with zero attached hydrogens (tertiary/aromatic N) is 3. The summed E-state index contributed by atoms with van der Waals surface area (Å²) in [5.74, 6) is -0.719. The lowest BCUT2D eigenvalue weighted by atomic mass is 9.71. The molecule has 4 saturated heterocycles. The number of benzene rings is 1. The number of amides is 3. The Hall–Kier alpha value is -2.45. The summed E-state index contributed by atoms with van der Waals surface area (Å²) in [5, 5.41) is 5.83. The van der Waals surface area contributed by atoms with Gasteiger partial charge in [-0.2, -0.15) is 0 Å². The van der Waals surface area contributed by atoms with Crippen molar-refractivity contribution in [2.24, 2.45) is 5.41 Å². The van der Waals surface area contributed by atoms with Crippen LogP contribution in [0.4, 0.5) is 5.69 Å². The van der Waals surface area contributed by atoms with Crippen molar-refractivity contribution in [1.82, 2.24) is 20.4 Å². The van der Waals surface area contributed by atoms with Crippen LogP contribution in [0.15, 0.2) is 18.2 Å². The molecule has 0 bridgehead atoms. The summed E-state index contributed by atoms with van der Waals surface area (Å²) in [4.78, 5) is 43.2. The van der Waals surface area contributed by atoms with Crippen molar-refractivity contribution in [1.29, 1.82) is 0 Å². The van der Waals surface area contributed by atoms with Crippen LogP contribution in [0.2, 0.25) is 0 Å². The number of carbonyl (C=O) groups excluding carboxylic acids is 3. The van der Waals surface area contributed by atoms with Gasteiger partial charge in [0.25, 0.3) is 5.91 Å². The Bertz CT molecular complexity index is 943. The van der Waals surface area contributed by atoms with Crippen molar-refractivity contribution in [2.45, 2.75) is 44.3 Å². The molecule has 5 aliphatic rings. The molecule has 0 aromatic heterocycles. The normalized spacial score (nSPS) is 28.4. The number of piperidine rings is 2. The molecule has 8 heteroatoms. The Kier molecular flexibility index (Phi) is 4.37. The molecule has 3 amide bonds. The number of fused-ring (bicyclic) bond motifs is 1. The van der Waals surface area contributed by atoms with Crippen molar-refractivity contribution in [3.05, 3.63) is 29.3 Å². The van der Waals surface area contributed by atoms with Gasteiger partial charge in [0, 0.05) is 56.4 Å². The summed E-state index contributed by atoms with van der Waals surface area (Å²) in [5.41, 5.74) is 3.39. The van der Waals surface area contributed by atoms with Gasteiger partial charge >= 0.3 is 0 Å². The fourth-order valence-electron chi connectivity index (χ4n) is 6.00. The van der Waals surface area contributed by atoms with E-state index < -0.39 is 6.04 Å².